The molecule has 6 N–H and O–H groups in total. The van der Waals surface area contributed by atoms with Crippen LogP contribution < -0.4 is 10.7 Å². The smallest absolute Gasteiger partial charge is 0.407 e. The number of thioether (sulfide) groups is 1. The van der Waals surface area contributed by atoms with Gasteiger partial charge in [-0.05, 0) is 99.0 Å². The molecule has 1 aromatic carbocycles. The zero-order valence-electron chi connectivity index (χ0n) is 48.4. The summed E-state index contributed by atoms with van der Waals surface area (Å²) >= 11 is 1.47. The van der Waals surface area contributed by atoms with Crippen LogP contribution in [0.4, 0.5) is 4.79 Å². The Balaban J connectivity index is 1.18. The second kappa shape index (κ2) is 27.3. The molecule has 4 aliphatic rings. The van der Waals surface area contributed by atoms with Crippen molar-refractivity contribution in [1.29, 1.82) is 5.26 Å². The number of hydrogen-bond donors (Lipinski definition) is 6. The van der Waals surface area contributed by atoms with E-state index >= 15 is 0 Å². The molecule has 0 saturated carbocycles. The second-order valence-electron chi connectivity index (χ2n) is 22.9. The van der Waals surface area contributed by atoms with Crippen LogP contribution >= 0.6 is 11.8 Å². The van der Waals surface area contributed by atoms with Crippen molar-refractivity contribution in [3.63, 3.8) is 0 Å². The number of cyclic esters (lactones) is 1. The largest absolute Gasteiger partial charge is 0.477 e. The predicted octanol–water partition coefficient (Wildman–Crippen LogP) is 4.22. The zero-order chi connectivity index (χ0) is 59.2. The van der Waals surface area contributed by atoms with E-state index in [0.29, 0.717) is 37.1 Å². The number of nitriles is 1. The molecule has 1 aromatic heterocycles. The summed E-state index contributed by atoms with van der Waals surface area (Å²) in [6.07, 6.45) is -9.37. The van der Waals surface area contributed by atoms with Crippen molar-refractivity contribution in [2.75, 3.05) is 53.3 Å². The third-order valence-electron chi connectivity index (χ3n) is 16.4. The fourth-order valence-corrected chi connectivity index (χ4v) is 12.9. The number of aliphatic hydroxyl groups is 4. The number of aromatic carboxylic acids is 1. The van der Waals surface area contributed by atoms with Crippen molar-refractivity contribution in [3.05, 3.63) is 39.7 Å². The van der Waals surface area contributed by atoms with Crippen LogP contribution in [-0.2, 0) is 60.5 Å². The number of hydrogen-bond acceptors (Lipinski definition) is 21. The van der Waals surface area contributed by atoms with Crippen LogP contribution in [-0.4, -0.2) is 196 Å². The van der Waals surface area contributed by atoms with Crippen LogP contribution in [0.5, 0.6) is 0 Å². The normalized spacial score (nSPS) is 36.7. The molecule has 2 aromatic rings. The molecule has 0 bridgehead atoms. The number of amides is 1. The van der Waals surface area contributed by atoms with Crippen LogP contribution in [0.2, 0.25) is 0 Å². The van der Waals surface area contributed by atoms with Crippen LogP contribution in [0.1, 0.15) is 111 Å². The number of nitrogens with one attached hydrogen (secondary N) is 1. The predicted molar refractivity (Wildman–Crippen MR) is 293 cm³/mol. The molecule has 80 heavy (non-hydrogen) atoms. The van der Waals surface area contributed by atoms with E-state index in [1.54, 1.807) is 61.5 Å². The molecule has 1 amide bonds. The number of esters is 1. The van der Waals surface area contributed by atoms with Crippen molar-refractivity contribution >= 4 is 46.4 Å². The van der Waals surface area contributed by atoms with Gasteiger partial charge in [-0.25, -0.2) is 9.59 Å². The van der Waals surface area contributed by atoms with Gasteiger partial charge in [-0.3, -0.25) is 9.59 Å². The SMILES string of the molecule is CC[C@H]1OC(=O)[C@H](C)[C@@H](O[C@H]2C[C@@](C)(OC)[C@@H](OC(=O)NCCOCCSc3cc4c5c(c3)c(=O)c(C(=O)O)cn5CC4)[C@H](C)O2)[C@H](C)[C@@H](OC2O[C@H](C)C[C@H](N(C)C)[C@H]2O)[C@](C)(O)C[C@@H](C)C(=NOCC#N)[C@H](C)[C@@H](O)[C@]1(C)O. The molecule has 4 aliphatic heterocycles. The third-order valence-corrected chi connectivity index (χ3v) is 17.4. The van der Waals surface area contributed by atoms with Crippen LogP contribution in [0.25, 0.3) is 10.9 Å². The lowest BCUT2D eigenvalue weighted by Crippen LogP contribution is -2.61. The number of methoxy groups -OCH3 is 1. The number of carboxylic acid groups (broad SMARTS) is 1. The number of benzene rings is 1. The molecule has 24 heteroatoms. The fourth-order valence-electron chi connectivity index (χ4n) is 12.1. The number of oxime groups is 1. The number of rotatable bonds is 18. The Kier molecular flexibility index (Phi) is 22.0. The lowest BCUT2D eigenvalue weighted by molar-refractivity contribution is -0.317. The van der Waals surface area contributed by atoms with Crippen LogP contribution in [0.3, 0.4) is 0 Å². The van der Waals surface area contributed by atoms with E-state index in [2.05, 4.69) is 10.5 Å². The van der Waals surface area contributed by atoms with Gasteiger partial charge in [0.2, 0.25) is 12.0 Å². The van der Waals surface area contributed by atoms with E-state index in [9.17, 15) is 50.0 Å². The molecule has 1 unspecified atom stereocenters. The van der Waals surface area contributed by atoms with E-state index in [1.807, 2.05) is 42.6 Å². The highest BCUT2D eigenvalue weighted by atomic mass is 32.2. The highest BCUT2D eigenvalue weighted by Crippen LogP contribution is 2.42. The summed E-state index contributed by atoms with van der Waals surface area (Å²) in [6.45, 7) is 17.3. The van der Waals surface area contributed by atoms with Crippen LogP contribution in [0.15, 0.2) is 33.2 Å². The average Bonchev–Trinajstić information content (AvgIpc) is 4.02. The van der Waals surface area contributed by atoms with Gasteiger partial charge in [-0.1, -0.05) is 32.9 Å². The molecule has 6 rings (SSSR count). The molecule has 5 heterocycles. The van der Waals surface area contributed by atoms with Crippen molar-refractivity contribution in [2.24, 2.45) is 28.8 Å². The summed E-state index contributed by atoms with van der Waals surface area (Å²) in [5, 5.41) is 74.9. The number of aromatic nitrogens is 1. The maximum absolute atomic E-state index is 14.6. The number of alkyl carbamates (subject to hydrolysis) is 1. The molecular formula is C56H85N5O18S. The number of aliphatic hydroxyl groups excluding tert-OH is 2. The van der Waals surface area contributed by atoms with Gasteiger partial charge in [-0.15, -0.1) is 11.8 Å². The zero-order valence-corrected chi connectivity index (χ0v) is 49.2. The van der Waals surface area contributed by atoms with Gasteiger partial charge in [0.15, 0.2) is 18.7 Å². The number of likely N-dealkylation sites (N-methyl/N-ethyl adjacent to an activating group) is 1. The third kappa shape index (κ3) is 14.6. The average molecular weight is 1150 g/mol. The van der Waals surface area contributed by atoms with Gasteiger partial charge in [-0.2, -0.15) is 5.26 Å². The van der Waals surface area contributed by atoms with Gasteiger partial charge in [0, 0.05) is 72.6 Å². The van der Waals surface area contributed by atoms with Crippen LogP contribution in [0, 0.1) is 35.0 Å². The summed E-state index contributed by atoms with van der Waals surface area (Å²) in [7, 11) is 5.13. The van der Waals surface area contributed by atoms with Gasteiger partial charge < -0.3 is 83.0 Å². The standard InChI is InChI=1S/C56H85N5O18S/c1-14-40-56(10,70)47(64)31(4)42(59-73-19-16-57)29(2)26-54(8,69)48(78-52-45(63)39(60(11)12)23-30(3)74-52)32(5)46(33(6)51(67)76-40)77-41-27-55(9,71-13)49(34(7)75-41)79-53(68)58-17-20-72-21-22-80-36-24-35-15-18-61-28-38(50(65)66)44(62)37(25-36)43(35)61/h24-25,28-34,39-41,45-49,52,63-64,69-70H,14-15,17-23,26-27H2,1-13H3,(H,58,68)(H,65,66)/t29-,30-,31+,32+,33-,34+,39+,40-,41+,45-,46+,47-,48-,49+,52?,54-,55-,56-/m1/s1. The summed E-state index contributed by atoms with van der Waals surface area (Å²) in [5.74, 6) is -5.33. The Hall–Kier alpha value is -4.49. The van der Waals surface area contributed by atoms with E-state index in [0.717, 1.165) is 16.0 Å². The number of ether oxygens (including phenoxy) is 8. The highest BCUT2D eigenvalue weighted by molar-refractivity contribution is 7.99. The lowest BCUT2D eigenvalue weighted by Gasteiger charge is -2.49. The van der Waals surface area contributed by atoms with Crippen molar-refractivity contribution in [3.8, 4) is 6.07 Å². The first-order chi connectivity index (χ1) is 37.6. The molecule has 0 aliphatic carbocycles. The summed E-state index contributed by atoms with van der Waals surface area (Å²) in [5.41, 5.74) is -3.97. The van der Waals surface area contributed by atoms with Crippen molar-refractivity contribution in [1.82, 2.24) is 14.8 Å². The second-order valence-corrected chi connectivity index (χ2v) is 24.1. The van der Waals surface area contributed by atoms with Gasteiger partial charge >= 0.3 is 18.0 Å². The number of carboxylic acids is 1. The number of nitrogens with zero attached hydrogens (tertiary/aromatic N) is 4. The Morgan fingerprint density at radius 2 is 1.71 bits per heavy atom. The monoisotopic (exact) mass is 1150 g/mol. The fraction of sp³-hybridized carbons (Fsp3) is 0.750. The molecule has 23 nitrogen and oxygen atoms in total. The summed E-state index contributed by atoms with van der Waals surface area (Å²) < 4.78 is 52.2. The van der Waals surface area contributed by atoms with Gasteiger partial charge in [0.1, 0.15) is 35.0 Å². The molecule has 448 valence electrons. The lowest BCUT2D eigenvalue weighted by atomic mass is 9.73. The summed E-state index contributed by atoms with van der Waals surface area (Å²) in [6, 6.07) is 5.21. The van der Waals surface area contributed by atoms with Crippen molar-refractivity contribution < 1.29 is 82.6 Å². The number of aryl methyl sites for hydroxylation is 2. The van der Waals surface area contributed by atoms with E-state index in [4.69, 9.17) is 42.7 Å². The molecule has 0 radical (unpaired) electrons. The first-order valence-corrected chi connectivity index (χ1v) is 28.6. The maximum Gasteiger partial charge on any atom is 0.407 e. The minimum atomic E-state index is -2.05. The summed E-state index contributed by atoms with van der Waals surface area (Å²) in [4.78, 5) is 60.8. The topological polar surface area (TPSA) is 309 Å². The minimum Gasteiger partial charge on any atom is -0.477 e. The minimum absolute atomic E-state index is 0.0303. The van der Waals surface area contributed by atoms with Gasteiger partial charge in [0.25, 0.3) is 0 Å². The quantitative estimate of drug-likeness (QED) is 0.0527. The molecule has 3 saturated heterocycles. The Morgan fingerprint density at radius 3 is 2.36 bits per heavy atom. The van der Waals surface area contributed by atoms with Crippen molar-refractivity contribution in [2.45, 2.75) is 197 Å². The molecule has 18 atom stereocenters. The Labute approximate surface area is 472 Å². The number of carbonyl (C=O) groups excluding carboxylic acids is 2. The first-order valence-electron chi connectivity index (χ1n) is 27.6. The van der Waals surface area contributed by atoms with E-state index in [1.165, 1.54) is 32.0 Å². The Bertz CT molecular complexity index is 2610. The number of carbonyl (C=O) groups is 3. The first kappa shape index (κ1) is 64.7. The maximum atomic E-state index is 14.6. The van der Waals surface area contributed by atoms with E-state index < -0.39 is 132 Å². The molecule has 0 spiro atoms. The Morgan fingerprint density at radius 1 is 1.00 bits per heavy atom. The molecular weight excluding hydrogens is 1060 g/mol. The molecule has 3 fully saturated rings. The highest BCUT2D eigenvalue weighted by Gasteiger charge is 2.54. The van der Waals surface area contributed by atoms with E-state index in [-0.39, 0.29) is 49.8 Å². The number of pyridine rings is 1. The van der Waals surface area contributed by atoms with Gasteiger partial charge in [0.05, 0.1) is 66.5 Å².